The normalized spacial score (nSPS) is 11.2. The zero-order valence-electron chi connectivity index (χ0n) is 13.5. The highest BCUT2D eigenvalue weighted by Gasteiger charge is 2.21. The van der Waals surface area contributed by atoms with E-state index in [9.17, 15) is 14.8 Å². The number of benzene rings is 1. The first-order valence-electron chi connectivity index (χ1n) is 7.16. The van der Waals surface area contributed by atoms with Crippen LogP contribution in [0.2, 0.25) is 0 Å². The number of hydroxylamine groups is 1. The van der Waals surface area contributed by atoms with Crippen molar-refractivity contribution in [3.8, 4) is 11.1 Å². The zero-order valence-corrected chi connectivity index (χ0v) is 13.5. The number of aromatic carboxylic acids is 2. The summed E-state index contributed by atoms with van der Waals surface area (Å²) in [6.45, 7) is 5.36. The predicted molar refractivity (Wildman–Crippen MR) is 86.5 cm³/mol. The minimum atomic E-state index is -1.31. The second-order valence-electron chi connectivity index (χ2n) is 6.25. The highest BCUT2D eigenvalue weighted by Crippen LogP contribution is 2.27. The van der Waals surface area contributed by atoms with Crippen LogP contribution in [0.1, 0.15) is 41.7 Å². The van der Waals surface area contributed by atoms with Crippen LogP contribution in [0.5, 0.6) is 0 Å². The minimum absolute atomic E-state index is 0.353. The first-order chi connectivity index (χ1) is 11.1. The number of hydrogen-bond donors (Lipinski definition) is 2. The van der Waals surface area contributed by atoms with Gasteiger partial charge in [-0.05, 0) is 56.2 Å². The molecule has 2 rings (SSSR count). The van der Waals surface area contributed by atoms with Gasteiger partial charge in [0.25, 0.3) is 0 Å². The molecule has 1 heterocycles. The molecule has 2 aromatic rings. The number of carboxylic acids is 2. The van der Waals surface area contributed by atoms with Crippen LogP contribution in [0.15, 0.2) is 36.4 Å². The summed E-state index contributed by atoms with van der Waals surface area (Å²) in [7, 11) is 0. The van der Waals surface area contributed by atoms with E-state index in [4.69, 9.17) is 10.2 Å². The summed E-state index contributed by atoms with van der Waals surface area (Å²) >= 11 is 0. The monoisotopic (exact) mass is 329 g/mol. The summed E-state index contributed by atoms with van der Waals surface area (Å²) in [6.07, 6.45) is 0. The third-order valence-corrected chi connectivity index (χ3v) is 3.31. The second-order valence-corrected chi connectivity index (χ2v) is 6.25. The van der Waals surface area contributed by atoms with E-state index in [1.165, 1.54) is 12.1 Å². The Kier molecular flexibility index (Phi) is 4.57. The largest absolute Gasteiger partial charge is 0.477 e. The molecular weight excluding hydrogens is 312 g/mol. The summed E-state index contributed by atoms with van der Waals surface area (Å²) < 4.78 is 0. The van der Waals surface area contributed by atoms with E-state index in [2.05, 4.69) is 4.98 Å². The Morgan fingerprint density at radius 3 is 1.75 bits per heavy atom. The maximum absolute atomic E-state index is 12.2. The van der Waals surface area contributed by atoms with Crippen LogP contribution >= 0.6 is 0 Å². The van der Waals surface area contributed by atoms with Crippen molar-refractivity contribution >= 4 is 17.6 Å². The van der Waals surface area contributed by atoms with Crippen molar-refractivity contribution in [2.75, 3.05) is 5.06 Å². The Morgan fingerprint density at radius 2 is 1.38 bits per heavy atom. The van der Waals surface area contributed by atoms with Crippen LogP contribution in [0.4, 0.5) is 5.69 Å². The van der Waals surface area contributed by atoms with Crippen molar-refractivity contribution in [2.45, 2.75) is 26.3 Å². The fraction of sp³-hybridized carbons (Fsp3) is 0.235. The van der Waals surface area contributed by atoms with Crippen molar-refractivity contribution in [1.82, 2.24) is 4.98 Å². The molecule has 0 aliphatic rings. The zero-order chi connectivity index (χ0) is 18.1. The van der Waals surface area contributed by atoms with Crippen molar-refractivity contribution < 1.29 is 25.0 Å². The SMILES string of the molecule is CC(C)(C)N([O])c1ccc(-c2cc(C(=O)O)nc(C(=O)O)c2)cc1. The average Bonchev–Trinajstić information content (AvgIpc) is 2.53. The Labute approximate surface area is 138 Å². The quantitative estimate of drug-likeness (QED) is 0.834. The fourth-order valence-corrected chi connectivity index (χ4v) is 2.09. The standard InChI is InChI=1S/C17H17N2O5/c1-17(2,3)19(24)12-6-4-10(5-7-12)11-8-13(15(20)21)18-14(9-11)16(22)23/h4-9H,1-3H3,(H,20,21)(H,22,23). The molecule has 0 fully saturated rings. The third kappa shape index (κ3) is 3.69. The van der Waals surface area contributed by atoms with Gasteiger partial charge in [-0.15, -0.1) is 0 Å². The fourth-order valence-electron chi connectivity index (χ4n) is 2.09. The lowest BCUT2D eigenvalue weighted by Gasteiger charge is -2.28. The van der Waals surface area contributed by atoms with Gasteiger partial charge in [-0.25, -0.2) is 19.6 Å². The van der Waals surface area contributed by atoms with E-state index in [1.807, 2.05) is 0 Å². The van der Waals surface area contributed by atoms with Crippen molar-refractivity contribution in [3.63, 3.8) is 0 Å². The second kappa shape index (κ2) is 6.29. The van der Waals surface area contributed by atoms with Crippen molar-refractivity contribution in [1.29, 1.82) is 0 Å². The van der Waals surface area contributed by atoms with Crippen LogP contribution in [0.3, 0.4) is 0 Å². The maximum atomic E-state index is 12.2. The van der Waals surface area contributed by atoms with Gasteiger partial charge in [0.15, 0.2) is 0 Å². The van der Waals surface area contributed by atoms with E-state index in [-0.39, 0.29) is 11.4 Å². The molecule has 1 aromatic carbocycles. The van der Waals surface area contributed by atoms with Crippen LogP contribution < -0.4 is 5.06 Å². The Bertz CT molecular complexity index is 746. The maximum Gasteiger partial charge on any atom is 0.354 e. The lowest BCUT2D eigenvalue weighted by molar-refractivity contribution is 0.0685. The molecule has 24 heavy (non-hydrogen) atoms. The molecule has 0 saturated heterocycles. The number of nitrogens with zero attached hydrogens (tertiary/aromatic N) is 2. The number of rotatable bonds is 4. The van der Waals surface area contributed by atoms with E-state index in [0.29, 0.717) is 16.8 Å². The number of anilines is 1. The van der Waals surface area contributed by atoms with Gasteiger partial charge in [0.2, 0.25) is 0 Å². The molecule has 7 nitrogen and oxygen atoms in total. The number of carbonyl (C=O) groups is 2. The van der Waals surface area contributed by atoms with Gasteiger partial charge < -0.3 is 10.2 Å². The van der Waals surface area contributed by atoms with Gasteiger partial charge in [0.05, 0.1) is 11.2 Å². The number of carboxylic acid groups (broad SMARTS) is 2. The van der Waals surface area contributed by atoms with Crippen LogP contribution in [0, 0.1) is 0 Å². The van der Waals surface area contributed by atoms with E-state index in [0.717, 1.165) is 5.06 Å². The summed E-state index contributed by atoms with van der Waals surface area (Å²) in [5, 5.41) is 31.2. The molecule has 0 amide bonds. The third-order valence-electron chi connectivity index (χ3n) is 3.31. The molecule has 0 unspecified atom stereocenters. The first kappa shape index (κ1) is 17.4. The summed E-state index contributed by atoms with van der Waals surface area (Å²) in [5.41, 5.74) is 0.152. The van der Waals surface area contributed by atoms with E-state index < -0.39 is 17.5 Å². The highest BCUT2D eigenvalue weighted by atomic mass is 16.5. The van der Waals surface area contributed by atoms with Crippen LogP contribution in [-0.2, 0) is 5.21 Å². The number of aromatic nitrogens is 1. The van der Waals surface area contributed by atoms with Crippen molar-refractivity contribution in [2.24, 2.45) is 0 Å². The minimum Gasteiger partial charge on any atom is -0.477 e. The van der Waals surface area contributed by atoms with Gasteiger partial charge in [-0.2, -0.15) is 0 Å². The molecule has 0 saturated carbocycles. The molecule has 0 spiro atoms. The molecule has 7 heteroatoms. The Hall–Kier alpha value is -2.93. The Morgan fingerprint density at radius 1 is 0.917 bits per heavy atom. The molecule has 1 aromatic heterocycles. The molecule has 0 aliphatic heterocycles. The molecule has 0 aliphatic carbocycles. The smallest absolute Gasteiger partial charge is 0.354 e. The molecule has 125 valence electrons. The number of pyridine rings is 1. The Balaban J connectivity index is 2.45. The van der Waals surface area contributed by atoms with E-state index >= 15 is 0 Å². The summed E-state index contributed by atoms with van der Waals surface area (Å²) in [4.78, 5) is 25.8. The predicted octanol–water partition coefficient (Wildman–Crippen LogP) is 3.10. The topological polar surface area (TPSA) is 111 Å². The van der Waals surface area contributed by atoms with Crippen LogP contribution in [0.25, 0.3) is 11.1 Å². The first-order valence-corrected chi connectivity index (χ1v) is 7.16. The number of hydrogen-bond acceptors (Lipinski definition) is 4. The lowest BCUT2D eigenvalue weighted by atomic mass is 10.0. The van der Waals surface area contributed by atoms with Gasteiger partial charge in [0.1, 0.15) is 11.4 Å². The van der Waals surface area contributed by atoms with Gasteiger partial charge in [-0.3, -0.25) is 0 Å². The van der Waals surface area contributed by atoms with Gasteiger partial charge in [0, 0.05) is 0 Å². The molecule has 2 N–H and O–H groups in total. The average molecular weight is 329 g/mol. The van der Waals surface area contributed by atoms with E-state index in [1.54, 1.807) is 45.0 Å². The van der Waals surface area contributed by atoms with Gasteiger partial charge in [-0.1, -0.05) is 17.3 Å². The summed E-state index contributed by atoms with van der Waals surface area (Å²) in [6, 6.07) is 9.08. The molecule has 1 radical (unpaired) electrons. The van der Waals surface area contributed by atoms with Gasteiger partial charge >= 0.3 is 11.9 Å². The molecule has 0 bridgehead atoms. The highest BCUT2D eigenvalue weighted by molar-refractivity contribution is 5.92. The van der Waals surface area contributed by atoms with Crippen LogP contribution in [-0.4, -0.2) is 32.7 Å². The molecule has 0 atom stereocenters. The molecular formula is C17H17N2O5. The van der Waals surface area contributed by atoms with Crippen molar-refractivity contribution in [3.05, 3.63) is 47.8 Å². The summed E-state index contributed by atoms with van der Waals surface area (Å²) in [5.74, 6) is -2.62. The lowest BCUT2D eigenvalue weighted by Crippen LogP contribution is -2.37.